The van der Waals surface area contributed by atoms with E-state index >= 15 is 0 Å². The van der Waals surface area contributed by atoms with Gasteiger partial charge >= 0.3 is 5.97 Å². The van der Waals surface area contributed by atoms with Gasteiger partial charge in [-0.1, -0.05) is 6.07 Å². The summed E-state index contributed by atoms with van der Waals surface area (Å²) in [6.45, 7) is 1.35. The van der Waals surface area contributed by atoms with Crippen LogP contribution in [0.2, 0.25) is 0 Å². The lowest BCUT2D eigenvalue weighted by Gasteiger charge is -2.04. The summed E-state index contributed by atoms with van der Waals surface area (Å²) in [6.07, 6.45) is 1.24. The molecule has 2 aromatic rings. The van der Waals surface area contributed by atoms with Gasteiger partial charge in [0.25, 0.3) is 0 Å². The molecule has 20 heavy (non-hydrogen) atoms. The minimum Gasteiger partial charge on any atom is -0.478 e. The standard InChI is InChI=1S/C14H13NO5/c16-14(17)10-4-11(18-7-10)6-15-5-9-1-2-12-13(3-9)20-8-19-12/h1-4,7,15H,5-6,8H2,(H,16,17). The Morgan fingerprint density at radius 2 is 2.05 bits per heavy atom. The molecular weight excluding hydrogens is 262 g/mol. The number of benzene rings is 1. The highest BCUT2D eigenvalue weighted by molar-refractivity contribution is 5.87. The van der Waals surface area contributed by atoms with Gasteiger partial charge in [-0.25, -0.2) is 4.79 Å². The Bertz CT molecular complexity index is 634. The summed E-state index contributed by atoms with van der Waals surface area (Å²) in [5, 5.41) is 12.0. The maximum absolute atomic E-state index is 10.7. The fourth-order valence-corrected chi connectivity index (χ4v) is 1.97. The highest BCUT2D eigenvalue weighted by Gasteiger charge is 2.13. The van der Waals surface area contributed by atoms with Gasteiger partial charge in [0.05, 0.1) is 12.1 Å². The molecule has 0 saturated heterocycles. The highest BCUT2D eigenvalue weighted by Crippen LogP contribution is 2.32. The van der Waals surface area contributed by atoms with Crippen LogP contribution in [0.25, 0.3) is 0 Å². The van der Waals surface area contributed by atoms with Crippen molar-refractivity contribution in [3.05, 3.63) is 47.4 Å². The van der Waals surface area contributed by atoms with E-state index in [0.717, 1.165) is 17.1 Å². The number of ether oxygens (including phenoxy) is 2. The van der Waals surface area contributed by atoms with E-state index in [1.165, 1.54) is 12.3 Å². The zero-order valence-corrected chi connectivity index (χ0v) is 10.6. The number of furan rings is 1. The maximum atomic E-state index is 10.7. The average Bonchev–Trinajstić information content (AvgIpc) is 3.06. The first kappa shape index (κ1) is 12.6. The van der Waals surface area contributed by atoms with Crippen molar-refractivity contribution in [3.8, 4) is 11.5 Å². The number of carbonyl (C=O) groups is 1. The normalized spacial score (nSPS) is 12.6. The SMILES string of the molecule is O=C(O)c1coc(CNCc2ccc3c(c2)OCO3)c1. The lowest BCUT2D eigenvalue weighted by atomic mass is 10.2. The van der Waals surface area contributed by atoms with E-state index in [4.69, 9.17) is 19.0 Å². The Labute approximate surface area is 114 Å². The van der Waals surface area contributed by atoms with Crippen molar-refractivity contribution in [2.45, 2.75) is 13.1 Å². The number of hydrogen-bond donors (Lipinski definition) is 2. The van der Waals surface area contributed by atoms with Gasteiger partial charge in [-0.15, -0.1) is 0 Å². The second kappa shape index (κ2) is 5.26. The molecule has 104 valence electrons. The Morgan fingerprint density at radius 3 is 2.85 bits per heavy atom. The molecule has 1 aliphatic rings. The molecule has 0 saturated carbocycles. The van der Waals surface area contributed by atoms with Crippen molar-refractivity contribution < 1.29 is 23.8 Å². The lowest BCUT2D eigenvalue weighted by molar-refractivity contribution is 0.0696. The topological polar surface area (TPSA) is 80.9 Å². The van der Waals surface area contributed by atoms with E-state index < -0.39 is 5.97 Å². The van der Waals surface area contributed by atoms with Crippen molar-refractivity contribution >= 4 is 5.97 Å². The quantitative estimate of drug-likeness (QED) is 0.868. The summed E-state index contributed by atoms with van der Waals surface area (Å²) in [6, 6.07) is 7.25. The van der Waals surface area contributed by atoms with Gasteiger partial charge < -0.3 is 24.3 Å². The van der Waals surface area contributed by atoms with Crippen molar-refractivity contribution in [1.29, 1.82) is 0 Å². The van der Waals surface area contributed by atoms with Crippen LogP contribution in [-0.4, -0.2) is 17.9 Å². The molecule has 6 heteroatoms. The molecule has 1 aromatic heterocycles. The van der Waals surface area contributed by atoms with Gasteiger partial charge in [-0.05, 0) is 23.8 Å². The summed E-state index contributed by atoms with van der Waals surface area (Å²) >= 11 is 0. The largest absolute Gasteiger partial charge is 0.478 e. The zero-order chi connectivity index (χ0) is 13.9. The van der Waals surface area contributed by atoms with Crippen molar-refractivity contribution in [3.63, 3.8) is 0 Å². The Kier molecular flexibility index (Phi) is 3.30. The minimum atomic E-state index is -0.990. The van der Waals surface area contributed by atoms with Crippen LogP contribution in [0.1, 0.15) is 21.7 Å². The Hall–Kier alpha value is -2.47. The monoisotopic (exact) mass is 275 g/mol. The molecule has 0 unspecified atom stereocenters. The number of fused-ring (bicyclic) bond motifs is 1. The predicted octanol–water partition coefficient (Wildman–Crippen LogP) is 2.00. The van der Waals surface area contributed by atoms with Crippen LogP contribution in [0, 0.1) is 0 Å². The van der Waals surface area contributed by atoms with Gasteiger partial charge in [-0.3, -0.25) is 0 Å². The van der Waals surface area contributed by atoms with Crippen molar-refractivity contribution in [2.75, 3.05) is 6.79 Å². The number of nitrogens with one attached hydrogen (secondary N) is 1. The molecule has 0 spiro atoms. The molecule has 0 fully saturated rings. The Morgan fingerprint density at radius 1 is 1.20 bits per heavy atom. The van der Waals surface area contributed by atoms with Crippen LogP contribution < -0.4 is 14.8 Å². The van der Waals surface area contributed by atoms with Crippen LogP contribution >= 0.6 is 0 Å². The average molecular weight is 275 g/mol. The highest BCUT2D eigenvalue weighted by atomic mass is 16.7. The first-order valence-corrected chi connectivity index (χ1v) is 6.12. The Balaban J connectivity index is 1.55. The van der Waals surface area contributed by atoms with Gasteiger partial charge in [0.1, 0.15) is 12.0 Å². The fourth-order valence-electron chi connectivity index (χ4n) is 1.97. The molecule has 3 rings (SSSR count). The molecule has 6 nitrogen and oxygen atoms in total. The number of carboxylic acid groups (broad SMARTS) is 1. The number of rotatable bonds is 5. The van der Waals surface area contributed by atoms with Crippen LogP contribution in [0.4, 0.5) is 0 Å². The first-order valence-electron chi connectivity index (χ1n) is 6.12. The first-order chi connectivity index (χ1) is 9.72. The third-order valence-corrected chi connectivity index (χ3v) is 2.97. The van der Waals surface area contributed by atoms with E-state index in [2.05, 4.69) is 5.32 Å². The third kappa shape index (κ3) is 2.60. The molecule has 2 N–H and O–H groups in total. The zero-order valence-electron chi connectivity index (χ0n) is 10.6. The van der Waals surface area contributed by atoms with E-state index in [1.807, 2.05) is 18.2 Å². The molecule has 0 atom stereocenters. The molecule has 0 amide bonds. The second-order valence-corrected chi connectivity index (χ2v) is 4.40. The summed E-state index contributed by atoms with van der Waals surface area (Å²) in [4.78, 5) is 10.7. The lowest BCUT2D eigenvalue weighted by Crippen LogP contribution is -2.12. The van der Waals surface area contributed by atoms with Crippen molar-refractivity contribution in [2.24, 2.45) is 0 Å². The van der Waals surface area contributed by atoms with Crippen LogP contribution in [0.15, 0.2) is 34.9 Å². The van der Waals surface area contributed by atoms with E-state index in [0.29, 0.717) is 18.8 Å². The van der Waals surface area contributed by atoms with Crippen LogP contribution in [0.5, 0.6) is 11.5 Å². The van der Waals surface area contributed by atoms with Gasteiger partial charge in [-0.2, -0.15) is 0 Å². The molecule has 2 heterocycles. The summed E-state index contributed by atoms with van der Waals surface area (Å²) < 4.78 is 15.7. The smallest absolute Gasteiger partial charge is 0.338 e. The number of aromatic carboxylic acids is 1. The fraction of sp³-hybridized carbons (Fsp3) is 0.214. The molecule has 0 radical (unpaired) electrons. The van der Waals surface area contributed by atoms with E-state index in [1.54, 1.807) is 0 Å². The van der Waals surface area contributed by atoms with Crippen molar-refractivity contribution in [1.82, 2.24) is 5.32 Å². The number of carboxylic acids is 1. The molecular formula is C14H13NO5. The second-order valence-electron chi connectivity index (χ2n) is 4.40. The van der Waals surface area contributed by atoms with Crippen LogP contribution in [-0.2, 0) is 13.1 Å². The van der Waals surface area contributed by atoms with Gasteiger partial charge in [0.2, 0.25) is 6.79 Å². The van der Waals surface area contributed by atoms with E-state index in [-0.39, 0.29) is 12.4 Å². The molecule has 0 bridgehead atoms. The van der Waals surface area contributed by atoms with Gasteiger partial charge in [0, 0.05) is 6.54 Å². The number of hydrogen-bond acceptors (Lipinski definition) is 5. The van der Waals surface area contributed by atoms with Crippen LogP contribution in [0.3, 0.4) is 0 Å². The minimum absolute atomic E-state index is 0.157. The van der Waals surface area contributed by atoms with E-state index in [9.17, 15) is 4.79 Å². The predicted molar refractivity (Wildman–Crippen MR) is 68.8 cm³/mol. The van der Waals surface area contributed by atoms with Gasteiger partial charge in [0.15, 0.2) is 11.5 Å². The molecule has 1 aliphatic heterocycles. The summed E-state index contributed by atoms with van der Waals surface area (Å²) in [5.41, 5.74) is 1.21. The maximum Gasteiger partial charge on any atom is 0.338 e. The summed E-state index contributed by atoms with van der Waals surface area (Å²) in [5.74, 6) is 1.10. The molecule has 0 aliphatic carbocycles. The summed E-state index contributed by atoms with van der Waals surface area (Å²) in [7, 11) is 0. The third-order valence-electron chi connectivity index (χ3n) is 2.97. The molecule has 1 aromatic carbocycles.